The third-order valence-corrected chi connectivity index (χ3v) is 6.86. The second-order valence-electron chi connectivity index (χ2n) is 8.36. The van der Waals surface area contributed by atoms with Crippen molar-refractivity contribution < 1.29 is 24.2 Å². The molecule has 3 aliphatic rings. The summed E-state index contributed by atoms with van der Waals surface area (Å²) in [4.78, 5) is 26.4. The van der Waals surface area contributed by atoms with Crippen LogP contribution >= 0.6 is 15.9 Å². The third-order valence-electron chi connectivity index (χ3n) is 6.26. The van der Waals surface area contributed by atoms with Crippen molar-refractivity contribution in [1.29, 1.82) is 0 Å². The van der Waals surface area contributed by atoms with Crippen molar-refractivity contribution in [3.8, 4) is 11.5 Å². The van der Waals surface area contributed by atoms with E-state index in [-0.39, 0.29) is 23.6 Å². The number of aromatic hydroxyl groups is 1. The lowest BCUT2D eigenvalue weighted by molar-refractivity contribution is -0.144. The van der Waals surface area contributed by atoms with Crippen LogP contribution in [0.3, 0.4) is 0 Å². The fourth-order valence-corrected chi connectivity index (χ4v) is 5.29. The molecule has 0 unspecified atom stereocenters. The van der Waals surface area contributed by atoms with Crippen LogP contribution in [0.1, 0.15) is 70.3 Å². The van der Waals surface area contributed by atoms with Gasteiger partial charge in [-0.3, -0.25) is 4.79 Å². The Labute approximate surface area is 190 Å². The number of dihydropyridines is 1. The van der Waals surface area contributed by atoms with Gasteiger partial charge in [0.2, 0.25) is 0 Å². The summed E-state index contributed by atoms with van der Waals surface area (Å²) in [5.41, 5.74) is 3.38. The Hall–Kier alpha value is -2.28. The molecule has 1 fully saturated rings. The molecule has 0 spiro atoms. The maximum atomic E-state index is 13.3. The Balaban J connectivity index is 1.82. The van der Waals surface area contributed by atoms with Crippen LogP contribution in [0.4, 0.5) is 0 Å². The van der Waals surface area contributed by atoms with Gasteiger partial charge >= 0.3 is 5.97 Å². The number of halogens is 1. The van der Waals surface area contributed by atoms with Gasteiger partial charge in [0.25, 0.3) is 0 Å². The summed E-state index contributed by atoms with van der Waals surface area (Å²) < 4.78 is 11.9. The molecule has 7 heteroatoms. The normalized spacial score (nSPS) is 21.8. The molecule has 1 aromatic carbocycles. The van der Waals surface area contributed by atoms with Crippen LogP contribution in [0.15, 0.2) is 39.1 Å². The van der Waals surface area contributed by atoms with Crippen LogP contribution in [-0.4, -0.2) is 29.6 Å². The summed E-state index contributed by atoms with van der Waals surface area (Å²) in [6.07, 6.45) is 5.81. The molecule has 2 aliphatic carbocycles. The van der Waals surface area contributed by atoms with Gasteiger partial charge in [-0.2, -0.15) is 0 Å². The molecule has 166 valence electrons. The number of nitrogens with one attached hydrogen (secondary N) is 1. The van der Waals surface area contributed by atoms with Gasteiger partial charge < -0.3 is 19.9 Å². The van der Waals surface area contributed by atoms with Gasteiger partial charge in [0.05, 0.1) is 16.7 Å². The molecule has 31 heavy (non-hydrogen) atoms. The molecule has 0 amide bonds. The lowest BCUT2D eigenvalue weighted by Gasteiger charge is -2.34. The van der Waals surface area contributed by atoms with Crippen molar-refractivity contribution in [2.45, 2.75) is 70.8 Å². The molecule has 1 heterocycles. The van der Waals surface area contributed by atoms with Gasteiger partial charge in [0.15, 0.2) is 17.3 Å². The van der Waals surface area contributed by atoms with Crippen molar-refractivity contribution in [3.05, 3.63) is 44.7 Å². The van der Waals surface area contributed by atoms with E-state index in [1.807, 2.05) is 13.8 Å². The van der Waals surface area contributed by atoms with E-state index in [1.54, 1.807) is 12.1 Å². The number of carbonyl (C=O) groups is 2. The van der Waals surface area contributed by atoms with E-state index in [4.69, 9.17) is 9.47 Å². The summed E-state index contributed by atoms with van der Waals surface area (Å²) in [5.74, 6) is -0.584. The largest absolute Gasteiger partial charge is 0.503 e. The number of rotatable bonds is 5. The third kappa shape index (κ3) is 4.25. The quantitative estimate of drug-likeness (QED) is 0.565. The first-order valence-corrected chi connectivity index (χ1v) is 11.8. The van der Waals surface area contributed by atoms with Gasteiger partial charge in [-0.1, -0.05) is 0 Å². The molecule has 1 aromatic rings. The minimum absolute atomic E-state index is 0.000470. The van der Waals surface area contributed by atoms with E-state index >= 15 is 0 Å². The summed E-state index contributed by atoms with van der Waals surface area (Å²) >= 11 is 3.40. The molecule has 1 atom stereocenters. The molecular formula is C24H28BrNO5. The van der Waals surface area contributed by atoms with Gasteiger partial charge in [-0.05, 0) is 86.0 Å². The number of phenolic OH excluding ortho intramolecular Hbond substituents is 1. The Morgan fingerprint density at radius 1 is 1.23 bits per heavy atom. The number of ketones is 1. The van der Waals surface area contributed by atoms with Crippen LogP contribution in [0, 0.1) is 0 Å². The fourth-order valence-electron chi connectivity index (χ4n) is 4.83. The van der Waals surface area contributed by atoms with Crippen LogP contribution in [-0.2, 0) is 14.3 Å². The minimum atomic E-state index is -0.561. The van der Waals surface area contributed by atoms with E-state index in [1.165, 1.54) is 0 Å². The molecular weight excluding hydrogens is 462 g/mol. The van der Waals surface area contributed by atoms with Crippen molar-refractivity contribution in [1.82, 2.24) is 5.32 Å². The monoisotopic (exact) mass is 489 g/mol. The molecule has 4 rings (SSSR count). The predicted octanol–water partition coefficient (Wildman–Crippen LogP) is 5.01. The zero-order valence-electron chi connectivity index (χ0n) is 17.9. The van der Waals surface area contributed by atoms with Crippen LogP contribution in [0.25, 0.3) is 0 Å². The molecule has 0 bridgehead atoms. The number of Topliss-reactive ketones (excluding diaryl/α,β-unsaturated/α-hetero) is 1. The van der Waals surface area contributed by atoms with Gasteiger partial charge in [0.1, 0.15) is 6.10 Å². The average molecular weight is 490 g/mol. The second-order valence-corrected chi connectivity index (χ2v) is 9.21. The smallest absolute Gasteiger partial charge is 0.337 e. The standard InChI is InChI=1S/C24H28BrNO5/c1-3-30-19-12-14(11-16(25)23(19)28)21-20(24(29)31-15-7-4-5-8-15)13(2)26-17-9-6-10-18(27)22(17)21/h11-12,15,21,26,28H,3-10H2,1-2H3/t21-/m0/s1. The maximum absolute atomic E-state index is 13.3. The molecule has 2 N–H and O–H groups in total. The van der Waals surface area contributed by atoms with Gasteiger partial charge in [-0.15, -0.1) is 0 Å². The average Bonchev–Trinajstić information content (AvgIpc) is 3.23. The number of benzene rings is 1. The van der Waals surface area contributed by atoms with Crippen molar-refractivity contribution in [2.24, 2.45) is 0 Å². The van der Waals surface area contributed by atoms with Crippen LogP contribution in [0.5, 0.6) is 11.5 Å². The van der Waals surface area contributed by atoms with E-state index in [0.29, 0.717) is 40.1 Å². The first-order chi connectivity index (χ1) is 14.9. The number of allylic oxidation sites excluding steroid dienone is 3. The number of esters is 1. The SMILES string of the molecule is CCOc1cc([C@H]2C(C(=O)OC3CCCC3)=C(C)NC3=C2C(=O)CCC3)cc(Br)c1O. The highest BCUT2D eigenvalue weighted by Gasteiger charge is 2.40. The van der Waals surface area contributed by atoms with Crippen molar-refractivity contribution in [2.75, 3.05) is 6.61 Å². The Morgan fingerprint density at radius 2 is 1.97 bits per heavy atom. The minimum Gasteiger partial charge on any atom is -0.503 e. The van der Waals surface area contributed by atoms with Crippen molar-refractivity contribution >= 4 is 27.7 Å². The van der Waals surface area contributed by atoms with E-state index in [9.17, 15) is 14.7 Å². The topological polar surface area (TPSA) is 84.9 Å². The lowest BCUT2D eigenvalue weighted by atomic mass is 9.75. The highest BCUT2D eigenvalue weighted by Crippen LogP contribution is 2.46. The summed E-state index contributed by atoms with van der Waals surface area (Å²) in [6.45, 7) is 4.08. The number of hydrogen-bond acceptors (Lipinski definition) is 6. The summed E-state index contributed by atoms with van der Waals surface area (Å²) in [6, 6.07) is 3.48. The zero-order valence-corrected chi connectivity index (χ0v) is 19.5. The number of carbonyl (C=O) groups excluding carboxylic acids is 2. The lowest BCUT2D eigenvalue weighted by Crippen LogP contribution is -2.35. The number of phenols is 1. The first kappa shape index (κ1) is 21.9. The molecule has 0 radical (unpaired) electrons. The zero-order chi connectivity index (χ0) is 22.1. The molecule has 0 aromatic heterocycles. The van der Waals surface area contributed by atoms with Crippen molar-refractivity contribution in [3.63, 3.8) is 0 Å². The molecule has 1 saturated carbocycles. The molecule has 6 nitrogen and oxygen atoms in total. The van der Waals surface area contributed by atoms with Gasteiger partial charge in [-0.25, -0.2) is 4.79 Å². The molecule has 0 saturated heterocycles. The van der Waals surface area contributed by atoms with E-state index < -0.39 is 5.92 Å². The summed E-state index contributed by atoms with van der Waals surface area (Å²) in [5, 5.41) is 13.7. The number of hydrogen-bond donors (Lipinski definition) is 2. The predicted molar refractivity (Wildman–Crippen MR) is 120 cm³/mol. The number of ether oxygens (including phenoxy) is 2. The van der Waals surface area contributed by atoms with E-state index in [0.717, 1.165) is 49.8 Å². The van der Waals surface area contributed by atoms with E-state index in [2.05, 4.69) is 21.2 Å². The molecule has 1 aliphatic heterocycles. The maximum Gasteiger partial charge on any atom is 0.337 e. The highest BCUT2D eigenvalue weighted by molar-refractivity contribution is 9.10. The van der Waals surface area contributed by atoms with Crippen LogP contribution < -0.4 is 10.1 Å². The Morgan fingerprint density at radius 3 is 2.68 bits per heavy atom. The Bertz CT molecular complexity index is 974. The summed E-state index contributed by atoms with van der Waals surface area (Å²) in [7, 11) is 0. The second kappa shape index (κ2) is 9.07. The first-order valence-electron chi connectivity index (χ1n) is 11.0. The fraction of sp³-hybridized carbons (Fsp3) is 0.500. The highest BCUT2D eigenvalue weighted by atomic mass is 79.9. The van der Waals surface area contributed by atoms with Crippen LogP contribution in [0.2, 0.25) is 0 Å². The van der Waals surface area contributed by atoms with Gasteiger partial charge in [0, 0.05) is 29.3 Å². The Kier molecular flexibility index (Phi) is 6.42.